The zero-order valence-corrected chi connectivity index (χ0v) is 17.7. The van der Waals surface area contributed by atoms with E-state index in [0.717, 1.165) is 5.69 Å². The number of hydrogen-bond donors (Lipinski definition) is 0. The number of aromatic nitrogens is 1. The Morgan fingerprint density at radius 2 is 1.70 bits per heavy atom. The molecule has 0 amide bonds. The normalized spacial score (nSPS) is 11.0. The fourth-order valence-electron chi connectivity index (χ4n) is 3.31. The lowest BCUT2D eigenvalue weighted by Gasteiger charge is -2.11. The molecule has 0 radical (unpaired) electrons. The molecule has 0 atom stereocenters. The number of benzene rings is 3. The third-order valence-corrected chi connectivity index (χ3v) is 4.99. The molecule has 0 spiro atoms. The van der Waals surface area contributed by atoms with E-state index in [-0.39, 0.29) is 16.9 Å². The van der Waals surface area contributed by atoms with E-state index in [1.54, 1.807) is 54.6 Å². The highest BCUT2D eigenvalue weighted by atomic mass is 19.1. The maximum absolute atomic E-state index is 14.1. The molecule has 3 aromatic carbocycles. The third kappa shape index (κ3) is 4.83. The van der Waals surface area contributed by atoms with Crippen LogP contribution in [0.5, 0.6) is 11.5 Å². The number of allylic oxidation sites excluding steroid dienone is 1. The Balaban J connectivity index is 1.55. The minimum absolute atomic E-state index is 0.169. The van der Waals surface area contributed by atoms with Crippen molar-refractivity contribution < 1.29 is 18.7 Å². The van der Waals surface area contributed by atoms with E-state index in [1.807, 2.05) is 47.3 Å². The molecule has 1 heterocycles. The predicted molar refractivity (Wildman–Crippen MR) is 124 cm³/mol. The summed E-state index contributed by atoms with van der Waals surface area (Å²) in [7, 11) is 1.45. The summed E-state index contributed by atoms with van der Waals surface area (Å²) in [5.41, 5.74) is 2.29. The molecule has 4 aromatic rings. The van der Waals surface area contributed by atoms with E-state index >= 15 is 0 Å². The van der Waals surface area contributed by atoms with Crippen LogP contribution in [0.2, 0.25) is 0 Å². The van der Waals surface area contributed by atoms with E-state index in [0.29, 0.717) is 16.9 Å². The fourth-order valence-corrected chi connectivity index (χ4v) is 3.31. The average Bonchev–Trinajstić information content (AvgIpc) is 3.39. The van der Waals surface area contributed by atoms with Crippen molar-refractivity contribution in [3.05, 3.63) is 114 Å². The van der Waals surface area contributed by atoms with Gasteiger partial charge in [-0.2, -0.15) is 5.26 Å². The van der Waals surface area contributed by atoms with Crippen LogP contribution in [0.25, 0.3) is 17.3 Å². The first kappa shape index (κ1) is 21.6. The van der Waals surface area contributed by atoms with Crippen molar-refractivity contribution in [2.24, 2.45) is 0 Å². The van der Waals surface area contributed by atoms with Crippen molar-refractivity contribution in [2.75, 3.05) is 7.11 Å². The lowest BCUT2D eigenvalue weighted by Crippen LogP contribution is -2.09. The Labute approximate surface area is 190 Å². The molecule has 5 nitrogen and oxygen atoms in total. The first-order chi connectivity index (χ1) is 16.1. The summed E-state index contributed by atoms with van der Waals surface area (Å²) < 4.78 is 26.9. The number of nitriles is 1. The molecule has 0 saturated carbocycles. The van der Waals surface area contributed by atoms with Crippen molar-refractivity contribution >= 4 is 17.6 Å². The van der Waals surface area contributed by atoms with Gasteiger partial charge < -0.3 is 14.0 Å². The number of methoxy groups -OCH3 is 1. The Hall–Kier alpha value is -4.63. The van der Waals surface area contributed by atoms with Crippen LogP contribution in [-0.2, 0) is 0 Å². The zero-order valence-electron chi connectivity index (χ0n) is 17.7. The van der Waals surface area contributed by atoms with E-state index in [2.05, 4.69) is 0 Å². The number of carbonyl (C=O) groups is 1. The summed E-state index contributed by atoms with van der Waals surface area (Å²) in [4.78, 5) is 12.6. The van der Waals surface area contributed by atoms with Gasteiger partial charge in [0.25, 0.3) is 0 Å². The van der Waals surface area contributed by atoms with Crippen LogP contribution in [0.1, 0.15) is 21.5 Å². The number of carbonyl (C=O) groups excluding carboxylic acids is 1. The lowest BCUT2D eigenvalue weighted by molar-refractivity contribution is 0.0729. The molecule has 4 rings (SSSR count). The Morgan fingerprint density at radius 1 is 0.970 bits per heavy atom. The number of nitrogens with zero attached hydrogens (tertiary/aromatic N) is 2. The summed E-state index contributed by atoms with van der Waals surface area (Å²) in [5.74, 6) is -0.462. The van der Waals surface area contributed by atoms with Crippen molar-refractivity contribution in [3.63, 3.8) is 0 Å². The molecule has 0 fully saturated rings. The van der Waals surface area contributed by atoms with Crippen molar-refractivity contribution in [1.29, 1.82) is 5.26 Å². The topological polar surface area (TPSA) is 64.2 Å². The van der Waals surface area contributed by atoms with Gasteiger partial charge >= 0.3 is 5.97 Å². The smallest absolute Gasteiger partial charge is 0.343 e. The minimum atomic E-state index is -0.528. The maximum Gasteiger partial charge on any atom is 0.343 e. The van der Waals surface area contributed by atoms with Gasteiger partial charge in [0, 0.05) is 23.6 Å². The number of hydrogen-bond acceptors (Lipinski definition) is 4. The van der Waals surface area contributed by atoms with Crippen LogP contribution in [0.15, 0.2) is 91.3 Å². The summed E-state index contributed by atoms with van der Waals surface area (Å²) >= 11 is 0. The van der Waals surface area contributed by atoms with Crippen molar-refractivity contribution in [1.82, 2.24) is 4.57 Å². The van der Waals surface area contributed by atoms with Crippen LogP contribution in [0, 0.1) is 17.1 Å². The van der Waals surface area contributed by atoms with E-state index < -0.39 is 11.8 Å². The molecular formula is C27H19FN2O3. The van der Waals surface area contributed by atoms with Gasteiger partial charge in [0.05, 0.1) is 24.3 Å². The van der Waals surface area contributed by atoms with Gasteiger partial charge in [-0.3, -0.25) is 0 Å². The first-order valence-corrected chi connectivity index (χ1v) is 10.1. The van der Waals surface area contributed by atoms with E-state index in [9.17, 15) is 14.4 Å². The molecule has 1 aromatic heterocycles. The molecule has 6 heteroatoms. The van der Waals surface area contributed by atoms with Gasteiger partial charge in [0.15, 0.2) is 11.5 Å². The van der Waals surface area contributed by atoms with Gasteiger partial charge in [-0.05, 0) is 66.2 Å². The minimum Gasteiger partial charge on any atom is -0.493 e. The summed E-state index contributed by atoms with van der Waals surface area (Å²) in [6.45, 7) is 0. The number of halogens is 1. The number of ether oxygens (including phenoxy) is 2. The zero-order chi connectivity index (χ0) is 23.2. The molecule has 0 aliphatic heterocycles. The molecule has 0 unspecified atom stereocenters. The lowest BCUT2D eigenvalue weighted by atomic mass is 10.0. The van der Waals surface area contributed by atoms with Crippen LogP contribution in [0.3, 0.4) is 0 Å². The fraction of sp³-hybridized carbons (Fsp3) is 0.0370. The molecule has 162 valence electrons. The van der Waals surface area contributed by atoms with Crippen LogP contribution in [0.4, 0.5) is 4.39 Å². The molecule has 0 aliphatic carbocycles. The quantitative estimate of drug-likeness (QED) is 0.163. The van der Waals surface area contributed by atoms with Crippen LogP contribution < -0.4 is 9.47 Å². The highest BCUT2D eigenvalue weighted by Crippen LogP contribution is 2.31. The van der Waals surface area contributed by atoms with Gasteiger partial charge in [-0.1, -0.05) is 24.3 Å². The second-order valence-corrected chi connectivity index (χ2v) is 7.09. The van der Waals surface area contributed by atoms with E-state index in [1.165, 1.54) is 13.2 Å². The van der Waals surface area contributed by atoms with Gasteiger partial charge in [-0.15, -0.1) is 0 Å². The van der Waals surface area contributed by atoms with Gasteiger partial charge in [-0.25, -0.2) is 9.18 Å². The number of esters is 1. The molecule has 33 heavy (non-hydrogen) atoms. The van der Waals surface area contributed by atoms with E-state index in [4.69, 9.17) is 9.47 Å². The summed E-state index contributed by atoms with van der Waals surface area (Å²) in [6, 6.07) is 23.8. The summed E-state index contributed by atoms with van der Waals surface area (Å²) in [5, 5.41) is 9.48. The second kappa shape index (κ2) is 9.67. The standard InChI is InChI=1S/C27H19FN2O3/c1-32-26-17-19(16-21(18-29)23-6-2-3-7-24(23)28)8-13-25(26)33-27(31)20-9-11-22(12-10-20)30-14-4-5-15-30/h2-17H,1H3/b21-16-. The van der Waals surface area contributed by atoms with Crippen LogP contribution in [-0.4, -0.2) is 17.6 Å². The van der Waals surface area contributed by atoms with Crippen molar-refractivity contribution in [3.8, 4) is 23.3 Å². The van der Waals surface area contributed by atoms with Gasteiger partial charge in [0.2, 0.25) is 0 Å². The monoisotopic (exact) mass is 438 g/mol. The maximum atomic E-state index is 14.1. The third-order valence-electron chi connectivity index (χ3n) is 4.99. The predicted octanol–water partition coefficient (Wildman–Crippen LogP) is 5.91. The van der Waals surface area contributed by atoms with Gasteiger partial charge in [0.1, 0.15) is 5.82 Å². The highest BCUT2D eigenvalue weighted by molar-refractivity contribution is 5.92. The highest BCUT2D eigenvalue weighted by Gasteiger charge is 2.14. The first-order valence-electron chi connectivity index (χ1n) is 10.1. The average molecular weight is 438 g/mol. The number of rotatable bonds is 6. The SMILES string of the molecule is COc1cc(/C=C(/C#N)c2ccccc2F)ccc1OC(=O)c1ccc(-n2cccc2)cc1. The summed E-state index contributed by atoms with van der Waals surface area (Å²) in [6.07, 6.45) is 5.38. The van der Waals surface area contributed by atoms with Crippen molar-refractivity contribution in [2.45, 2.75) is 0 Å². The largest absolute Gasteiger partial charge is 0.493 e. The van der Waals surface area contributed by atoms with Crippen LogP contribution >= 0.6 is 0 Å². The Morgan fingerprint density at radius 3 is 2.36 bits per heavy atom. The molecular weight excluding hydrogens is 419 g/mol. The molecule has 0 N–H and O–H groups in total. The molecule has 0 aliphatic rings. The Kier molecular flexibility index (Phi) is 6.33. The Bertz CT molecular complexity index is 1350. The molecule has 0 bridgehead atoms. The molecule has 0 saturated heterocycles. The second-order valence-electron chi connectivity index (χ2n) is 7.09.